The zero-order chi connectivity index (χ0) is 9.14. The van der Waals surface area contributed by atoms with E-state index in [0.717, 1.165) is 0 Å². The summed E-state index contributed by atoms with van der Waals surface area (Å²) in [6, 6.07) is 0. The van der Waals surface area contributed by atoms with Crippen molar-refractivity contribution in [3.8, 4) is 0 Å². The van der Waals surface area contributed by atoms with Crippen molar-refractivity contribution in [2.45, 2.75) is 26.4 Å². The standard InChI is InChI=1S/C9H15FO2/c1-6(2)9-7(11)5-12-8(9)3-4-10/h6,8-9H,3-5H2,1-2H3. The van der Waals surface area contributed by atoms with Gasteiger partial charge in [-0.3, -0.25) is 9.18 Å². The van der Waals surface area contributed by atoms with Gasteiger partial charge in [0.2, 0.25) is 0 Å². The molecule has 1 aliphatic rings. The fourth-order valence-corrected chi connectivity index (χ4v) is 1.77. The number of carbonyl (C=O) groups is 1. The van der Waals surface area contributed by atoms with Crippen molar-refractivity contribution in [2.75, 3.05) is 13.3 Å². The summed E-state index contributed by atoms with van der Waals surface area (Å²) in [7, 11) is 0. The van der Waals surface area contributed by atoms with Crippen molar-refractivity contribution in [3.63, 3.8) is 0 Å². The van der Waals surface area contributed by atoms with Crippen LogP contribution in [0.3, 0.4) is 0 Å². The first kappa shape index (κ1) is 9.65. The number of halogens is 1. The fraction of sp³-hybridized carbons (Fsp3) is 0.889. The monoisotopic (exact) mass is 174 g/mol. The number of Topliss-reactive ketones (excluding diaryl/α,β-unsaturated/α-hetero) is 1. The molecule has 1 heterocycles. The predicted octanol–water partition coefficient (Wildman–Crippen LogP) is 1.59. The molecule has 70 valence electrons. The number of rotatable bonds is 3. The summed E-state index contributed by atoms with van der Waals surface area (Å²) in [4.78, 5) is 11.3. The maximum atomic E-state index is 12.0. The number of hydrogen-bond donors (Lipinski definition) is 0. The van der Waals surface area contributed by atoms with Crippen molar-refractivity contribution in [3.05, 3.63) is 0 Å². The molecule has 3 heteroatoms. The molecule has 0 aromatic carbocycles. The first-order valence-corrected chi connectivity index (χ1v) is 4.37. The van der Waals surface area contributed by atoms with E-state index in [1.165, 1.54) is 0 Å². The molecule has 2 atom stereocenters. The highest BCUT2D eigenvalue weighted by atomic mass is 19.1. The summed E-state index contributed by atoms with van der Waals surface area (Å²) in [6.45, 7) is 3.72. The summed E-state index contributed by atoms with van der Waals surface area (Å²) < 4.78 is 17.2. The summed E-state index contributed by atoms with van der Waals surface area (Å²) in [5.74, 6) is 0.306. The van der Waals surface area contributed by atoms with Crippen LogP contribution in [0.1, 0.15) is 20.3 Å². The normalized spacial score (nSPS) is 30.2. The largest absolute Gasteiger partial charge is 0.370 e. The highest BCUT2D eigenvalue weighted by molar-refractivity contribution is 5.84. The van der Waals surface area contributed by atoms with E-state index in [-0.39, 0.29) is 30.3 Å². The molecule has 1 saturated heterocycles. The van der Waals surface area contributed by atoms with Crippen LogP contribution >= 0.6 is 0 Å². The predicted molar refractivity (Wildman–Crippen MR) is 43.7 cm³/mol. The van der Waals surface area contributed by atoms with Gasteiger partial charge in [0.1, 0.15) is 6.61 Å². The molecular formula is C9H15FO2. The van der Waals surface area contributed by atoms with Gasteiger partial charge >= 0.3 is 0 Å². The lowest BCUT2D eigenvalue weighted by atomic mass is 9.87. The second-order valence-corrected chi connectivity index (χ2v) is 3.56. The van der Waals surface area contributed by atoms with E-state index in [4.69, 9.17) is 4.74 Å². The van der Waals surface area contributed by atoms with Crippen LogP contribution in [0.2, 0.25) is 0 Å². The van der Waals surface area contributed by atoms with E-state index in [9.17, 15) is 9.18 Å². The van der Waals surface area contributed by atoms with E-state index >= 15 is 0 Å². The molecule has 0 amide bonds. The van der Waals surface area contributed by atoms with Gasteiger partial charge in [-0.15, -0.1) is 0 Å². The van der Waals surface area contributed by atoms with Crippen LogP contribution in [0.15, 0.2) is 0 Å². The van der Waals surface area contributed by atoms with Crippen molar-refractivity contribution in [1.82, 2.24) is 0 Å². The van der Waals surface area contributed by atoms with Crippen LogP contribution in [-0.4, -0.2) is 25.2 Å². The maximum Gasteiger partial charge on any atom is 0.164 e. The molecule has 0 aromatic heterocycles. The highest BCUT2D eigenvalue weighted by Crippen LogP contribution is 2.27. The Bertz CT molecular complexity index is 168. The van der Waals surface area contributed by atoms with Gasteiger partial charge in [-0.25, -0.2) is 0 Å². The minimum atomic E-state index is -0.402. The van der Waals surface area contributed by atoms with E-state index in [1.54, 1.807) is 0 Å². The molecule has 0 aliphatic carbocycles. The average molecular weight is 174 g/mol. The lowest BCUT2D eigenvalue weighted by molar-refractivity contribution is -0.121. The fourth-order valence-electron chi connectivity index (χ4n) is 1.77. The number of alkyl halides is 1. The first-order chi connectivity index (χ1) is 5.66. The van der Waals surface area contributed by atoms with Gasteiger partial charge in [0.05, 0.1) is 12.8 Å². The molecule has 12 heavy (non-hydrogen) atoms. The summed E-state index contributed by atoms with van der Waals surface area (Å²) in [5.41, 5.74) is 0. The molecule has 1 aliphatic heterocycles. The SMILES string of the molecule is CC(C)C1C(=O)COC1CCF. The lowest BCUT2D eigenvalue weighted by Gasteiger charge is -2.18. The Morgan fingerprint density at radius 2 is 2.33 bits per heavy atom. The Morgan fingerprint density at radius 1 is 1.67 bits per heavy atom. The van der Waals surface area contributed by atoms with Crippen molar-refractivity contribution < 1.29 is 13.9 Å². The third-order valence-corrected chi connectivity index (χ3v) is 2.32. The van der Waals surface area contributed by atoms with E-state index < -0.39 is 6.67 Å². The molecule has 2 nitrogen and oxygen atoms in total. The molecule has 2 unspecified atom stereocenters. The molecular weight excluding hydrogens is 159 g/mol. The first-order valence-electron chi connectivity index (χ1n) is 4.37. The topological polar surface area (TPSA) is 26.3 Å². The van der Waals surface area contributed by atoms with Gasteiger partial charge in [0, 0.05) is 12.3 Å². The molecule has 0 N–H and O–H groups in total. The average Bonchev–Trinajstić information content (AvgIpc) is 2.32. The molecule has 0 aromatic rings. The Morgan fingerprint density at radius 3 is 2.83 bits per heavy atom. The number of ketones is 1. The van der Waals surface area contributed by atoms with Crippen molar-refractivity contribution >= 4 is 5.78 Å². The van der Waals surface area contributed by atoms with Gasteiger partial charge in [0.25, 0.3) is 0 Å². The van der Waals surface area contributed by atoms with Crippen molar-refractivity contribution in [1.29, 1.82) is 0 Å². The summed E-state index contributed by atoms with van der Waals surface area (Å²) in [6.07, 6.45) is 0.177. The minimum Gasteiger partial charge on any atom is -0.370 e. The number of hydrogen-bond acceptors (Lipinski definition) is 2. The third-order valence-electron chi connectivity index (χ3n) is 2.32. The van der Waals surface area contributed by atoms with E-state index in [1.807, 2.05) is 13.8 Å². The molecule has 0 radical (unpaired) electrons. The molecule has 0 saturated carbocycles. The maximum absolute atomic E-state index is 12.0. The molecule has 0 bridgehead atoms. The van der Waals surface area contributed by atoms with Gasteiger partial charge in [0.15, 0.2) is 5.78 Å². The van der Waals surface area contributed by atoms with Crippen molar-refractivity contribution in [2.24, 2.45) is 11.8 Å². The van der Waals surface area contributed by atoms with Crippen LogP contribution < -0.4 is 0 Å². The molecule has 1 fully saturated rings. The quantitative estimate of drug-likeness (QED) is 0.649. The second-order valence-electron chi connectivity index (χ2n) is 3.56. The van der Waals surface area contributed by atoms with Crippen LogP contribution in [0.25, 0.3) is 0 Å². The molecule has 1 rings (SSSR count). The van der Waals surface area contributed by atoms with Crippen LogP contribution in [-0.2, 0) is 9.53 Å². The lowest BCUT2D eigenvalue weighted by Crippen LogP contribution is -2.26. The smallest absolute Gasteiger partial charge is 0.164 e. The van der Waals surface area contributed by atoms with E-state index in [0.29, 0.717) is 6.42 Å². The number of ether oxygens (including phenoxy) is 1. The Balaban J connectivity index is 2.57. The second kappa shape index (κ2) is 3.99. The van der Waals surface area contributed by atoms with Gasteiger partial charge in [-0.1, -0.05) is 13.8 Å². The zero-order valence-electron chi connectivity index (χ0n) is 7.55. The number of carbonyl (C=O) groups excluding carboxylic acids is 1. The Kier molecular flexibility index (Phi) is 3.20. The van der Waals surface area contributed by atoms with E-state index in [2.05, 4.69) is 0 Å². The molecule has 0 spiro atoms. The zero-order valence-corrected chi connectivity index (χ0v) is 7.55. The summed E-state index contributed by atoms with van der Waals surface area (Å²) in [5, 5.41) is 0. The highest BCUT2D eigenvalue weighted by Gasteiger charge is 2.37. The van der Waals surface area contributed by atoms with Crippen LogP contribution in [0.4, 0.5) is 4.39 Å². The van der Waals surface area contributed by atoms with Gasteiger partial charge < -0.3 is 4.74 Å². The van der Waals surface area contributed by atoms with Gasteiger partial charge in [-0.2, -0.15) is 0 Å². The Labute approximate surface area is 72.1 Å². The minimum absolute atomic E-state index is 0.0826. The van der Waals surface area contributed by atoms with Crippen LogP contribution in [0.5, 0.6) is 0 Å². The Hall–Kier alpha value is -0.440. The third kappa shape index (κ3) is 1.83. The van der Waals surface area contributed by atoms with Crippen LogP contribution in [0, 0.1) is 11.8 Å². The summed E-state index contributed by atoms with van der Waals surface area (Å²) >= 11 is 0. The van der Waals surface area contributed by atoms with Gasteiger partial charge in [-0.05, 0) is 5.92 Å².